The van der Waals surface area contributed by atoms with Gasteiger partial charge < -0.3 is 4.57 Å². The predicted octanol–water partition coefficient (Wildman–Crippen LogP) is 5.35. The molecule has 1 aliphatic rings. The van der Waals surface area contributed by atoms with Gasteiger partial charge in [0.15, 0.2) is 0 Å². The largest absolute Gasteiger partial charge is 0.300 e. The minimum Gasteiger partial charge on any atom is -0.300 e. The maximum atomic E-state index is 13.4. The standard InChI is InChI=1S/C20H14FN3S/c21-14-9-7-13(8-10-14)18-12-16(19-6-3-11-25-19)23-20-22-15-4-1-2-5-17(15)24(18)20/h1-11,18H,12H2/t18-/m1/s1. The summed E-state index contributed by atoms with van der Waals surface area (Å²) in [5.74, 6) is 0.493. The van der Waals surface area contributed by atoms with Gasteiger partial charge in [0.05, 0.1) is 22.8 Å². The van der Waals surface area contributed by atoms with E-state index in [-0.39, 0.29) is 11.9 Å². The zero-order valence-electron chi connectivity index (χ0n) is 13.3. The zero-order valence-corrected chi connectivity index (χ0v) is 14.1. The van der Waals surface area contributed by atoms with Crippen molar-refractivity contribution in [1.82, 2.24) is 9.55 Å². The molecule has 1 atom stereocenters. The molecule has 0 N–H and O–H groups in total. The number of hydrogen-bond donors (Lipinski definition) is 0. The molecule has 25 heavy (non-hydrogen) atoms. The Morgan fingerprint density at radius 1 is 1.00 bits per heavy atom. The van der Waals surface area contributed by atoms with E-state index in [0.29, 0.717) is 5.95 Å². The molecule has 0 fully saturated rings. The van der Waals surface area contributed by atoms with Gasteiger partial charge in [-0.25, -0.2) is 14.4 Å². The molecule has 0 unspecified atom stereocenters. The van der Waals surface area contributed by atoms with Crippen LogP contribution in [0.2, 0.25) is 0 Å². The van der Waals surface area contributed by atoms with Crippen LogP contribution in [0.4, 0.5) is 10.3 Å². The Hall–Kier alpha value is -2.79. The Morgan fingerprint density at radius 2 is 1.84 bits per heavy atom. The van der Waals surface area contributed by atoms with E-state index in [1.807, 2.05) is 36.4 Å². The van der Waals surface area contributed by atoms with Crippen molar-refractivity contribution in [3.63, 3.8) is 0 Å². The van der Waals surface area contributed by atoms with Gasteiger partial charge >= 0.3 is 0 Å². The monoisotopic (exact) mass is 347 g/mol. The second-order valence-electron chi connectivity index (χ2n) is 6.08. The molecular formula is C20H14FN3S. The highest BCUT2D eigenvalue weighted by Gasteiger charge is 2.27. The topological polar surface area (TPSA) is 30.2 Å². The van der Waals surface area contributed by atoms with Crippen molar-refractivity contribution in [2.24, 2.45) is 4.99 Å². The fourth-order valence-corrected chi connectivity index (χ4v) is 4.13. The summed E-state index contributed by atoms with van der Waals surface area (Å²) in [5.41, 5.74) is 4.09. The quantitative estimate of drug-likeness (QED) is 0.481. The zero-order chi connectivity index (χ0) is 16.8. The van der Waals surface area contributed by atoms with E-state index in [1.165, 1.54) is 12.1 Å². The summed E-state index contributed by atoms with van der Waals surface area (Å²) in [6.45, 7) is 0. The lowest BCUT2D eigenvalue weighted by Gasteiger charge is -2.25. The van der Waals surface area contributed by atoms with Gasteiger partial charge in [0.2, 0.25) is 5.95 Å². The summed E-state index contributed by atoms with van der Waals surface area (Å²) in [4.78, 5) is 10.7. The molecule has 2 aromatic heterocycles. The van der Waals surface area contributed by atoms with E-state index < -0.39 is 0 Å². The molecule has 5 heteroatoms. The van der Waals surface area contributed by atoms with Crippen molar-refractivity contribution in [3.05, 3.63) is 82.3 Å². The number of imidazole rings is 1. The second-order valence-corrected chi connectivity index (χ2v) is 7.03. The summed E-state index contributed by atoms with van der Waals surface area (Å²) in [6, 6.07) is 19.0. The van der Waals surface area contributed by atoms with Crippen LogP contribution < -0.4 is 0 Å². The Bertz CT molecular complexity index is 1080. The van der Waals surface area contributed by atoms with Crippen LogP contribution in [0.1, 0.15) is 22.9 Å². The first kappa shape index (κ1) is 14.5. The average molecular weight is 347 g/mol. The number of hydrogen-bond acceptors (Lipinski definition) is 3. The lowest BCUT2D eigenvalue weighted by molar-refractivity contribution is 0.602. The lowest BCUT2D eigenvalue weighted by atomic mass is 9.98. The smallest absolute Gasteiger partial charge is 0.231 e. The molecule has 0 radical (unpaired) electrons. The first-order valence-electron chi connectivity index (χ1n) is 8.13. The first-order valence-corrected chi connectivity index (χ1v) is 9.01. The van der Waals surface area contributed by atoms with E-state index in [1.54, 1.807) is 11.3 Å². The van der Waals surface area contributed by atoms with Crippen molar-refractivity contribution in [2.75, 3.05) is 0 Å². The third-order valence-corrected chi connectivity index (χ3v) is 5.49. The molecule has 0 aliphatic carbocycles. The molecule has 5 rings (SSSR count). The van der Waals surface area contributed by atoms with Crippen molar-refractivity contribution in [3.8, 4) is 0 Å². The van der Waals surface area contributed by atoms with Gasteiger partial charge in [0.1, 0.15) is 5.82 Å². The van der Waals surface area contributed by atoms with Gasteiger partial charge in [-0.15, -0.1) is 11.3 Å². The number of fused-ring (bicyclic) bond motifs is 3. The molecule has 0 bridgehead atoms. The number of halogens is 1. The number of thiophene rings is 1. The molecule has 0 saturated heterocycles. The molecule has 0 spiro atoms. The number of benzene rings is 2. The molecule has 4 aromatic rings. The SMILES string of the molecule is Fc1ccc([C@H]2CC(c3cccs3)=Nc3nc4ccccc4n32)cc1. The third kappa shape index (κ3) is 2.39. The Labute approximate surface area is 148 Å². The molecule has 0 saturated carbocycles. The van der Waals surface area contributed by atoms with Gasteiger partial charge in [-0.1, -0.05) is 30.3 Å². The fraction of sp³-hybridized carbons (Fsp3) is 0.100. The number of aliphatic imine (C=N–C) groups is 1. The van der Waals surface area contributed by atoms with Crippen molar-refractivity contribution >= 4 is 34.0 Å². The molecule has 122 valence electrons. The number of aromatic nitrogens is 2. The van der Waals surface area contributed by atoms with Crippen molar-refractivity contribution in [2.45, 2.75) is 12.5 Å². The molecular weight excluding hydrogens is 333 g/mol. The minimum absolute atomic E-state index is 0.0533. The average Bonchev–Trinajstić information content (AvgIpc) is 3.29. The second kappa shape index (κ2) is 5.63. The highest BCUT2D eigenvalue weighted by Crippen LogP contribution is 2.37. The van der Waals surface area contributed by atoms with E-state index in [4.69, 9.17) is 9.98 Å². The summed E-state index contributed by atoms with van der Waals surface area (Å²) >= 11 is 1.68. The number of para-hydroxylation sites is 2. The molecule has 3 nitrogen and oxygen atoms in total. The number of nitrogens with zero attached hydrogens (tertiary/aromatic N) is 3. The van der Waals surface area contributed by atoms with E-state index in [2.05, 4.69) is 22.1 Å². The lowest BCUT2D eigenvalue weighted by Crippen LogP contribution is -2.19. The highest BCUT2D eigenvalue weighted by molar-refractivity contribution is 7.12. The van der Waals surface area contributed by atoms with Gasteiger partial charge in [-0.05, 0) is 41.3 Å². The van der Waals surface area contributed by atoms with Crippen LogP contribution in [-0.2, 0) is 0 Å². The van der Waals surface area contributed by atoms with Crippen molar-refractivity contribution < 1.29 is 4.39 Å². The van der Waals surface area contributed by atoms with Gasteiger partial charge in [0.25, 0.3) is 0 Å². The Morgan fingerprint density at radius 3 is 2.64 bits per heavy atom. The predicted molar refractivity (Wildman–Crippen MR) is 99.4 cm³/mol. The summed E-state index contributed by atoms with van der Waals surface area (Å²) in [5, 5.41) is 2.06. The minimum atomic E-state index is -0.220. The normalized spacial score (nSPS) is 16.7. The van der Waals surface area contributed by atoms with Gasteiger partial charge in [0, 0.05) is 11.3 Å². The first-order chi connectivity index (χ1) is 12.3. The van der Waals surface area contributed by atoms with E-state index in [0.717, 1.165) is 33.6 Å². The van der Waals surface area contributed by atoms with Crippen LogP contribution in [0.5, 0.6) is 0 Å². The van der Waals surface area contributed by atoms with Crippen LogP contribution in [-0.4, -0.2) is 15.3 Å². The Balaban J connectivity index is 1.74. The molecule has 0 amide bonds. The Kier molecular flexibility index (Phi) is 3.28. The molecule has 1 aliphatic heterocycles. The van der Waals surface area contributed by atoms with Crippen LogP contribution in [0, 0.1) is 5.82 Å². The summed E-state index contributed by atoms with van der Waals surface area (Å²) < 4.78 is 15.6. The maximum absolute atomic E-state index is 13.4. The molecule has 2 aromatic carbocycles. The summed E-state index contributed by atoms with van der Waals surface area (Å²) in [6.07, 6.45) is 0.763. The van der Waals surface area contributed by atoms with E-state index >= 15 is 0 Å². The maximum Gasteiger partial charge on any atom is 0.231 e. The summed E-state index contributed by atoms with van der Waals surface area (Å²) in [7, 11) is 0. The van der Waals surface area contributed by atoms with Crippen molar-refractivity contribution in [1.29, 1.82) is 0 Å². The highest BCUT2D eigenvalue weighted by atomic mass is 32.1. The van der Waals surface area contributed by atoms with Crippen LogP contribution in [0.15, 0.2) is 71.0 Å². The fourth-order valence-electron chi connectivity index (χ4n) is 3.41. The van der Waals surface area contributed by atoms with Crippen LogP contribution in [0.25, 0.3) is 11.0 Å². The van der Waals surface area contributed by atoms with Crippen LogP contribution in [0.3, 0.4) is 0 Å². The molecule has 3 heterocycles. The number of rotatable bonds is 2. The third-order valence-electron chi connectivity index (χ3n) is 4.57. The van der Waals surface area contributed by atoms with Gasteiger partial charge in [-0.2, -0.15) is 0 Å². The van der Waals surface area contributed by atoms with E-state index in [9.17, 15) is 4.39 Å². The van der Waals surface area contributed by atoms with Gasteiger partial charge in [-0.3, -0.25) is 0 Å². The van der Waals surface area contributed by atoms with Crippen LogP contribution >= 0.6 is 11.3 Å².